The zero-order chi connectivity index (χ0) is 22.2. The van der Waals surface area contributed by atoms with Crippen LogP contribution in [-0.2, 0) is 22.5 Å². The van der Waals surface area contributed by atoms with Gasteiger partial charge in [-0.3, -0.25) is 9.69 Å². The second-order valence-corrected chi connectivity index (χ2v) is 8.10. The molecule has 2 heterocycles. The van der Waals surface area contributed by atoms with Crippen molar-refractivity contribution in [2.75, 3.05) is 52.3 Å². The number of hydrogen-bond donors (Lipinski definition) is 1. The van der Waals surface area contributed by atoms with E-state index in [1.165, 1.54) is 11.3 Å². The number of carbonyl (C=O) groups excluding carboxylic acids is 1. The van der Waals surface area contributed by atoms with Gasteiger partial charge in [-0.05, 0) is 24.6 Å². The number of nitrogens with zero attached hydrogens (tertiary/aromatic N) is 5. The van der Waals surface area contributed by atoms with Crippen LogP contribution < -0.4 is 10.2 Å². The van der Waals surface area contributed by atoms with Crippen molar-refractivity contribution in [1.82, 2.24) is 25.0 Å². The van der Waals surface area contributed by atoms with Crippen LogP contribution in [0.15, 0.2) is 30.3 Å². The van der Waals surface area contributed by atoms with Gasteiger partial charge in [0.15, 0.2) is 5.82 Å². The summed E-state index contributed by atoms with van der Waals surface area (Å²) in [5.74, 6) is 1.77. The average Bonchev–Trinajstić information content (AvgIpc) is 3.06. The first-order valence-corrected chi connectivity index (χ1v) is 10.8. The highest BCUT2D eigenvalue weighted by molar-refractivity contribution is 5.76. The van der Waals surface area contributed by atoms with E-state index in [1.807, 2.05) is 21.0 Å². The molecule has 1 aromatic carbocycles. The summed E-state index contributed by atoms with van der Waals surface area (Å²) in [5.41, 5.74) is 2.41. The molecule has 1 aliphatic rings. The number of methoxy groups -OCH3 is 1. The number of rotatable bonds is 9. The van der Waals surface area contributed by atoms with Crippen molar-refractivity contribution in [2.45, 2.75) is 32.4 Å². The highest BCUT2D eigenvalue weighted by Crippen LogP contribution is 2.16. The number of anilines is 1. The molecule has 2 aromatic rings. The first kappa shape index (κ1) is 23.0. The van der Waals surface area contributed by atoms with Crippen LogP contribution in [-0.4, -0.2) is 73.0 Å². The molecular formula is C23H34N6O2. The molecule has 0 spiro atoms. The van der Waals surface area contributed by atoms with Crippen molar-refractivity contribution in [2.24, 2.45) is 0 Å². The fraction of sp³-hybridized carbons (Fsp3) is 0.522. The number of amides is 1. The molecule has 0 bridgehead atoms. The van der Waals surface area contributed by atoms with E-state index < -0.39 is 0 Å². The third-order valence-corrected chi connectivity index (χ3v) is 5.53. The number of fused-ring (bicyclic) bond motifs is 1. The molecule has 0 saturated heterocycles. The molecule has 1 aliphatic heterocycles. The lowest BCUT2D eigenvalue weighted by Gasteiger charge is -2.18. The largest absolute Gasteiger partial charge is 0.384 e. The summed E-state index contributed by atoms with van der Waals surface area (Å²) in [7, 11) is 5.69. The van der Waals surface area contributed by atoms with Crippen LogP contribution >= 0.6 is 0 Å². The van der Waals surface area contributed by atoms with Gasteiger partial charge in [-0.1, -0.05) is 24.3 Å². The van der Waals surface area contributed by atoms with Crippen LogP contribution in [0.5, 0.6) is 0 Å². The summed E-state index contributed by atoms with van der Waals surface area (Å²) in [5, 5.41) is 11.7. The van der Waals surface area contributed by atoms with E-state index >= 15 is 0 Å². The maximum Gasteiger partial charge on any atom is 0.222 e. The first-order chi connectivity index (χ1) is 15.0. The van der Waals surface area contributed by atoms with Gasteiger partial charge in [-0.2, -0.15) is 0 Å². The lowest BCUT2D eigenvalue weighted by atomic mass is 10.2. The van der Waals surface area contributed by atoms with Gasteiger partial charge in [0.05, 0.1) is 12.6 Å². The van der Waals surface area contributed by atoms with Crippen molar-refractivity contribution >= 4 is 17.7 Å². The minimum absolute atomic E-state index is 0.0364. The number of hydrogen-bond acceptors (Lipinski definition) is 6. The Labute approximate surface area is 184 Å². The van der Waals surface area contributed by atoms with Crippen LogP contribution in [0.2, 0.25) is 0 Å². The lowest BCUT2D eigenvalue weighted by Crippen LogP contribution is -2.30. The molecule has 0 aliphatic carbocycles. The highest BCUT2D eigenvalue weighted by atomic mass is 16.5. The molecule has 8 nitrogen and oxygen atoms in total. The van der Waals surface area contributed by atoms with E-state index in [0.29, 0.717) is 13.0 Å². The van der Waals surface area contributed by atoms with Gasteiger partial charge >= 0.3 is 0 Å². The quantitative estimate of drug-likeness (QED) is 0.662. The van der Waals surface area contributed by atoms with Crippen molar-refractivity contribution < 1.29 is 9.53 Å². The Morgan fingerprint density at radius 3 is 2.71 bits per heavy atom. The summed E-state index contributed by atoms with van der Waals surface area (Å²) in [6.45, 7) is 5.95. The van der Waals surface area contributed by atoms with E-state index in [-0.39, 0.29) is 11.9 Å². The topological polar surface area (TPSA) is 75.5 Å². The number of benzene rings is 1. The second-order valence-electron chi connectivity index (χ2n) is 8.10. The molecule has 1 aromatic heterocycles. The molecule has 8 heteroatoms. The standard InChI is InChI=1S/C23H34N6O2/c1-18(24-22(30)12-17-31-4)23-26-25-21-11-14-28(15-16-29(21)23)13-5-6-19-7-9-20(10-8-19)27(2)3/h5-10,18H,11-17H2,1-4H3,(H,24,30)/b6-5+/t18-/m0/s1. The van der Waals surface area contributed by atoms with Gasteiger partial charge in [0.2, 0.25) is 5.91 Å². The van der Waals surface area contributed by atoms with Gasteiger partial charge in [-0.25, -0.2) is 0 Å². The van der Waals surface area contributed by atoms with Crippen LogP contribution in [0.25, 0.3) is 6.08 Å². The molecule has 3 rings (SSSR count). The molecule has 0 unspecified atom stereocenters. The van der Waals surface area contributed by atoms with Gasteiger partial charge in [0, 0.05) is 65.9 Å². The molecule has 0 saturated carbocycles. The van der Waals surface area contributed by atoms with Crippen LogP contribution in [0.3, 0.4) is 0 Å². The first-order valence-electron chi connectivity index (χ1n) is 10.8. The zero-order valence-corrected chi connectivity index (χ0v) is 19.0. The molecule has 1 N–H and O–H groups in total. The minimum atomic E-state index is -0.179. The monoisotopic (exact) mass is 426 g/mol. The number of aromatic nitrogens is 3. The second kappa shape index (κ2) is 11.1. The molecule has 168 valence electrons. The third-order valence-electron chi connectivity index (χ3n) is 5.53. The van der Waals surface area contributed by atoms with Crippen molar-refractivity contribution in [3.8, 4) is 0 Å². The minimum Gasteiger partial charge on any atom is -0.384 e. The summed E-state index contributed by atoms with van der Waals surface area (Å²) in [4.78, 5) is 16.5. The van der Waals surface area contributed by atoms with E-state index in [0.717, 1.165) is 44.2 Å². The fourth-order valence-electron chi connectivity index (χ4n) is 3.69. The molecular weight excluding hydrogens is 392 g/mol. The smallest absolute Gasteiger partial charge is 0.222 e. The van der Waals surface area contributed by atoms with Crippen molar-refractivity contribution in [3.05, 3.63) is 47.6 Å². The molecule has 31 heavy (non-hydrogen) atoms. The molecule has 0 radical (unpaired) electrons. The van der Waals surface area contributed by atoms with Gasteiger partial charge in [0.1, 0.15) is 5.82 Å². The van der Waals surface area contributed by atoms with E-state index in [4.69, 9.17) is 4.74 Å². The van der Waals surface area contributed by atoms with E-state index in [9.17, 15) is 4.79 Å². The van der Waals surface area contributed by atoms with Gasteiger partial charge in [-0.15, -0.1) is 10.2 Å². The molecule has 0 fully saturated rings. The maximum atomic E-state index is 12.0. The maximum absolute atomic E-state index is 12.0. The summed E-state index contributed by atoms with van der Waals surface area (Å²) >= 11 is 0. The van der Waals surface area contributed by atoms with E-state index in [2.05, 4.69) is 66.3 Å². The highest BCUT2D eigenvalue weighted by Gasteiger charge is 2.22. The Kier molecular flexibility index (Phi) is 8.20. The van der Waals surface area contributed by atoms with E-state index in [1.54, 1.807) is 7.11 Å². The normalized spacial score (nSPS) is 15.5. The number of nitrogens with one attached hydrogen (secondary N) is 1. The van der Waals surface area contributed by atoms with Gasteiger partial charge < -0.3 is 19.5 Å². The predicted octanol–water partition coefficient (Wildman–Crippen LogP) is 2.13. The van der Waals surface area contributed by atoms with Crippen LogP contribution in [0, 0.1) is 0 Å². The Balaban J connectivity index is 1.53. The zero-order valence-electron chi connectivity index (χ0n) is 19.0. The Hall–Kier alpha value is -2.71. The Morgan fingerprint density at radius 2 is 2.00 bits per heavy atom. The van der Waals surface area contributed by atoms with Gasteiger partial charge in [0.25, 0.3) is 0 Å². The third kappa shape index (κ3) is 6.38. The number of ether oxygens (including phenoxy) is 1. The lowest BCUT2D eigenvalue weighted by molar-refractivity contribution is -0.122. The van der Waals surface area contributed by atoms with Crippen molar-refractivity contribution in [1.29, 1.82) is 0 Å². The predicted molar refractivity (Wildman–Crippen MR) is 123 cm³/mol. The summed E-state index contributed by atoms with van der Waals surface area (Å²) < 4.78 is 7.13. The molecule has 1 atom stereocenters. The number of carbonyl (C=O) groups is 1. The summed E-state index contributed by atoms with van der Waals surface area (Å²) in [6, 6.07) is 8.37. The summed E-state index contributed by atoms with van der Waals surface area (Å²) in [6.07, 6.45) is 5.59. The molecule has 1 amide bonds. The SMILES string of the molecule is COCCC(=O)N[C@@H](C)c1nnc2n1CCN(C/C=C/c1ccc(N(C)C)cc1)CC2. The van der Waals surface area contributed by atoms with Crippen molar-refractivity contribution in [3.63, 3.8) is 0 Å². The van der Waals surface area contributed by atoms with Crippen LogP contribution in [0.4, 0.5) is 5.69 Å². The fourth-order valence-corrected chi connectivity index (χ4v) is 3.69. The average molecular weight is 427 g/mol. The Bertz CT molecular complexity index is 875. The Morgan fingerprint density at radius 1 is 1.23 bits per heavy atom. The van der Waals surface area contributed by atoms with Crippen LogP contribution in [0.1, 0.15) is 36.6 Å².